The van der Waals surface area contributed by atoms with Gasteiger partial charge in [0.2, 0.25) is 0 Å². The highest BCUT2D eigenvalue weighted by molar-refractivity contribution is 5.76. The van der Waals surface area contributed by atoms with E-state index in [4.69, 9.17) is 4.74 Å². The van der Waals surface area contributed by atoms with Gasteiger partial charge in [0.15, 0.2) is 0 Å². The highest BCUT2D eigenvalue weighted by Crippen LogP contribution is 2.22. The van der Waals surface area contributed by atoms with Crippen molar-refractivity contribution in [1.82, 2.24) is 0 Å². The first-order valence-corrected chi connectivity index (χ1v) is 4.70. The lowest BCUT2D eigenvalue weighted by atomic mass is 10.1. The molecule has 0 unspecified atom stereocenters. The molecule has 0 aliphatic rings. The summed E-state index contributed by atoms with van der Waals surface area (Å²) in [7, 11) is 0. The molecule has 1 rings (SSSR count). The zero-order valence-electron chi connectivity index (χ0n) is 8.82. The van der Waals surface area contributed by atoms with Crippen LogP contribution in [0.5, 0.6) is 5.75 Å². The Labute approximate surface area is 88.2 Å². The average molecular weight is 207 g/mol. The Morgan fingerprint density at radius 2 is 1.93 bits per heavy atom. The van der Waals surface area contributed by atoms with Crippen LogP contribution in [-0.2, 0) is 4.79 Å². The number of nitrogens with zero attached hydrogens (tertiary/aromatic N) is 1. The number of benzene rings is 1. The van der Waals surface area contributed by atoms with E-state index < -0.39 is 5.91 Å². The molecule has 0 radical (unpaired) electrons. The molecule has 0 aromatic heterocycles. The van der Waals surface area contributed by atoms with Gasteiger partial charge in [-0.05, 0) is 25.0 Å². The van der Waals surface area contributed by atoms with Crippen LogP contribution in [0.3, 0.4) is 0 Å². The fourth-order valence-electron chi connectivity index (χ4n) is 1.31. The van der Waals surface area contributed by atoms with E-state index >= 15 is 0 Å². The summed E-state index contributed by atoms with van der Waals surface area (Å²) in [5, 5.41) is 2.30. The van der Waals surface area contributed by atoms with E-state index in [0.717, 1.165) is 16.9 Å². The van der Waals surface area contributed by atoms with E-state index in [-0.39, 0.29) is 13.0 Å². The number of para-hydroxylation sites is 1. The molecule has 0 saturated heterocycles. The fraction of sp³-hybridized carbons (Fsp3) is 0.364. The summed E-state index contributed by atoms with van der Waals surface area (Å²) in [5.74, 6) is 0.0948. The number of carbonyl (C=O) groups excluding carboxylic acids is 1. The second-order valence-electron chi connectivity index (χ2n) is 3.30. The molecule has 0 spiro atoms. The summed E-state index contributed by atoms with van der Waals surface area (Å²) in [6.07, 6.45) is 0.0251. The first kappa shape index (κ1) is 11.4. The van der Waals surface area contributed by atoms with Crippen molar-refractivity contribution in [1.29, 1.82) is 0 Å². The number of aryl methyl sites for hydroxylation is 2. The molecule has 0 saturated carbocycles. The smallest absolute Gasteiger partial charge is 0.289 e. The summed E-state index contributed by atoms with van der Waals surface area (Å²) in [5.41, 5.74) is 2.03. The quantitative estimate of drug-likeness (QED) is 0.712. The van der Waals surface area contributed by atoms with E-state index in [1.54, 1.807) is 0 Å². The molecule has 4 heteroatoms. The van der Waals surface area contributed by atoms with Gasteiger partial charge in [-0.3, -0.25) is 4.79 Å². The Morgan fingerprint density at radius 1 is 1.33 bits per heavy atom. The predicted octanol–water partition coefficient (Wildman–Crippen LogP) is 2.37. The van der Waals surface area contributed by atoms with Gasteiger partial charge in [0.25, 0.3) is 5.91 Å². The summed E-state index contributed by atoms with van der Waals surface area (Å²) >= 11 is 0. The lowest BCUT2D eigenvalue weighted by Gasteiger charge is -2.10. The second kappa shape index (κ2) is 5.24. The maximum atomic E-state index is 10.6. The lowest BCUT2D eigenvalue weighted by Crippen LogP contribution is -2.05. The zero-order valence-corrected chi connectivity index (χ0v) is 8.82. The van der Waals surface area contributed by atoms with Crippen LogP contribution in [0.4, 0.5) is 0 Å². The van der Waals surface area contributed by atoms with Crippen LogP contribution in [-0.4, -0.2) is 12.5 Å². The highest BCUT2D eigenvalue weighted by atomic mass is 16.5. The van der Waals surface area contributed by atoms with Gasteiger partial charge in [-0.15, -0.1) is 4.91 Å². The predicted molar refractivity (Wildman–Crippen MR) is 56.8 cm³/mol. The van der Waals surface area contributed by atoms with Gasteiger partial charge in [0.1, 0.15) is 5.75 Å². The molecule has 1 amide bonds. The molecule has 1 aromatic carbocycles. The van der Waals surface area contributed by atoms with Crippen molar-refractivity contribution < 1.29 is 9.53 Å². The largest absolute Gasteiger partial charge is 0.492 e. The molecule has 0 atom stereocenters. The molecule has 0 heterocycles. The SMILES string of the molecule is Cc1cccc(C)c1OCCC(=O)N=O. The van der Waals surface area contributed by atoms with Crippen molar-refractivity contribution in [3.8, 4) is 5.75 Å². The van der Waals surface area contributed by atoms with Crippen LogP contribution in [0.1, 0.15) is 17.5 Å². The minimum Gasteiger partial charge on any atom is -0.492 e. The Hall–Kier alpha value is -1.71. The monoisotopic (exact) mass is 207 g/mol. The minimum absolute atomic E-state index is 0.0251. The Balaban J connectivity index is 2.57. The maximum absolute atomic E-state index is 10.6. The van der Waals surface area contributed by atoms with Gasteiger partial charge in [-0.1, -0.05) is 18.2 Å². The Morgan fingerprint density at radius 3 is 2.47 bits per heavy atom. The van der Waals surface area contributed by atoms with Gasteiger partial charge in [0, 0.05) is 5.18 Å². The lowest BCUT2D eigenvalue weighted by molar-refractivity contribution is -0.118. The number of nitroso groups, excluding NO2 is 1. The van der Waals surface area contributed by atoms with Gasteiger partial charge in [-0.2, -0.15) is 0 Å². The molecule has 0 aliphatic carbocycles. The number of hydrogen-bond donors (Lipinski definition) is 0. The van der Waals surface area contributed by atoms with E-state index in [1.165, 1.54) is 0 Å². The van der Waals surface area contributed by atoms with Gasteiger partial charge in [-0.25, -0.2) is 0 Å². The molecule has 80 valence electrons. The maximum Gasteiger partial charge on any atom is 0.289 e. The Bertz CT molecular complexity index is 354. The minimum atomic E-state index is -0.679. The standard InChI is InChI=1S/C11H13NO3/c1-8-4-3-5-9(2)11(8)15-7-6-10(13)12-14/h3-5H,6-7H2,1-2H3. The van der Waals surface area contributed by atoms with Crippen LogP contribution >= 0.6 is 0 Å². The molecule has 0 aliphatic heterocycles. The molecule has 15 heavy (non-hydrogen) atoms. The van der Waals surface area contributed by atoms with Crippen LogP contribution < -0.4 is 4.74 Å². The van der Waals surface area contributed by atoms with Crippen LogP contribution in [0.15, 0.2) is 23.4 Å². The third-order valence-electron chi connectivity index (χ3n) is 2.07. The van der Waals surface area contributed by atoms with E-state index in [1.807, 2.05) is 32.0 Å². The van der Waals surface area contributed by atoms with Crippen molar-refractivity contribution in [3.63, 3.8) is 0 Å². The van der Waals surface area contributed by atoms with Crippen molar-refractivity contribution in [2.24, 2.45) is 5.18 Å². The second-order valence-corrected chi connectivity index (χ2v) is 3.30. The van der Waals surface area contributed by atoms with Gasteiger partial charge < -0.3 is 4.74 Å². The average Bonchev–Trinajstić information content (AvgIpc) is 2.22. The van der Waals surface area contributed by atoms with E-state index in [0.29, 0.717) is 0 Å². The van der Waals surface area contributed by atoms with Crippen molar-refractivity contribution in [3.05, 3.63) is 34.2 Å². The highest BCUT2D eigenvalue weighted by Gasteiger charge is 2.05. The van der Waals surface area contributed by atoms with E-state index in [9.17, 15) is 9.70 Å². The van der Waals surface area contributed by atoms with Crippen molar-refractivity contribution >= 4 is 5.91 Å². The molecular formula is C11H13NO3. The van der Waals surface area contributed by atoms with E-state index in [2.05, 4.69) is 5.18 Å². The van der Waals surface area contributed by atoms with Gasteiger partial charge in [0.05, 0.1) is 13.0 Å². The number of ether oxygens (including phenoxy) is 1. The summed E-state index contributed by atoms with van der Waals surface area (Å²) in [6, 6.07) is 5.81. The fourth-order valence-corrected chi connectivity index (χ4v) is 1.31. The van der Waals surface area contributed by atoms with Crippen LogP contribution in [0, 0.1) is 18.8 Å². The number of amides is 1. The number of rotatable bonds is 4. The number of hydrogen-bond acceptors (Lipinski definition) is 3. The first-order chi connectivity index (χ1) is 7.15. The third kappa shape index (κ3) is 3.16. The summed E-state index contributed by atoms with van der Waals surface area (Å²) in [4.78, 5) is 20.4. The molecule has 0 bridgehead atoms. The first-order valence-electron chi connectivity index (χ1n) is 4.70. The molecule has 4 nitrogen and oxygen atoms in total. The van der Waals surface area contributed by atoms with Crippen molar-refractivity contribution in [2.75, 3.05) is 6.61 Å². The summed E-state index contributed by atoms with van der Waals surface area (Å²) < 4.78 is 5.42. The molecule has 0 N–H and O–H groups in total. The topological polar surface area (TPSA) is 55.7 Å². The summed E-state index contributed by atoms with van der Waals surface area (Å²) in [6.45, 7) is 4.06. The molecule has 0 fully saturated rings. The van der Waals surface area contributed by atoms with Crippen LogP contribution in [0.25, 0.3) is 0 Å². The third-order valence-corrected chi connectivity index (χ3v) is 2.07. The number of carbonyl (C=O) groups is 1. The van der Waals surface area contributed by atoms with Gasteiger partial charge >= 0.3 is 0 Å². The molecular weight excluding hydrogens is 194 g/mol. The normalized spacial score (nSPS) is 9.73. The Kier molecular flexibility index (Phi) is 3.97. The molecule has 1 aromatic rings. The van der Waals surface area contributed by atoms with Crippen LogP contribution in [0.2, 0.25) is 0 Å². The van der Waals surface area contributed by atoms with Crippen molar-refractivity contribution in [2.45, 2.75) is 20.3 Å². The zero-order chi connectivity index (χ0) is 11.3.